The Morgan fingerprint density at radius 3 is 1.50 bits per heavy atom. The zero-order valence-corrected chi connectivity index (χ0v) is 16.2. The number of unbranched alkanes of at least 4 members (excludes halogenated alkanes) is 1. The van der Waals surface area contributed by atoms with Gasteiger partial charge in [-0.1, -0.05) is 86.3 Å². The predicted molar refractivity (Wildman–Crippen MR) is 112 cm³/mol. The highest BCUT2D eigenvalue weighted by Gasteiger charge is 1.87. The van der Waals surface area contributed by atoms with Crippen molar-refractivity contribution in [2.75, 3.05) is 0 Å². The van der Waals surface area contributed by atoms with Crippen LogP contribution in [0.5, 0.6) is 0 Å². The van der Waals surface area contributed by atoms with Crippen LogP contribution in [0.4, 0.5) is 0 Å². The van der Waals surface area contributed by atoms with Crippen LogP contribution >= 0.6 is 0 Å². The van der Waals surface area contributed by atoms with Gasteiger partial charge in [-0.25, -0.2) is 0 Å². The van der Waals surface area contributed by atoms with Crippen LogP contribution in [0.15, 0.2) is 72.4 Å². The Labute approximate surface area is 151 Å². The van der Waals surface area contributed by atoms with Gasteiger partial charge in [-0.15, -0.1) is 0 Å². The molecule has 0 aliphatic rings. The second kappa shape index (κ2) is 19.5. The molecule has 0 fully saturated rings. The maximum atomic E-state index is 2.33. The molecule has 0 bridgehead atoms. The SMILES string of the molecule is CC/C=C\C/C=C\C/C=C\C/C=C\C/C=C\CCC/C(C)=C/CC. The lowest BCUT2D eigenvalue weighted by Crippen LogP contribution is -1.77. The fraction of sp³-hybridized carbons (Fsp3) is 0.500. The molecule has 0 heterocycles. The molecular formula is C24H38. The summed E-state index contributed by atoms with van der Waals surface area (Å²) in [5.41, 5.74) is 1.53. The van der Waals surface area contributed by atoms with Gasteiger partial charge in [0.05, 0.1) is 0 Å². The van der Waals surface area contributed by atoms with Crippen molar-refractivity contribution < 1.29 is 0 Å². The minimum Gasteiger partial charge on any atom is -0.0885 e. The number of rotatable bonds is 14. The first-order valence-corrected chi connectivity index (χ1v) is 9.71. The van der Waals surface area contributed by atoms with E-state index in [9.17, 15) is 0 Å². The molecule has 24 heavy (non-hydrogen) atoms. The summed E-state index contributed by atoms with van der Waals surface area (Å²) in [4.78, 5) is 0. The average Bonchev–Trinajstić information content (AvgIpc) is 2.58. The third-order valence-corrected chi connectivity index (χ3v) is 3.65. The van der Waals surface area contributed by atoms with Crippen molar-refractivity contribution in [2.24, 2.45) is 0 Å². The van der Waals surface area contributed by atoms with E-state index in [-0.39, 0.29) is 0 Å². The fourth-order valence-electron chi connectivity index (χ4n) is 2.32. The third kappa shape index (κ3) is 18.5. The monoisotopic (exact) mass is 326 g/mol. The lowest BCUT2D eigenvalue weighted by Gasteiger charge is -1.97. The van der Waals surface area contributed by atoms with Crippen molar-refractivity contribution in [2.45, 2.75) is 78.6 Å². The van der Waals surface area contributed by atoms with E-state index >= 15 is 0 Å². The molecule has 0 saturated carbocycles. The van der Waals surface area contributed by atoms with E-state index in [0.29, 0.717) is 0 Å². The fourth-order valence-corrected chi connectivity index (χ4v) is 2.32. The maximum Gasteiger partial charge on any atom is -0.0169 e. The molecule has 0 aliphatic heterocycles. The summed E-state index contributed by atoms with van der Waals surface area (Å²) in [6.45, 7) is 6.61. The summed E-state index contributed by atoms with van der Waals surface area (Å²) < 4.78 is 0. The maximum absolute atomic E-state index is 2.33. The summed E-state index contributed by atoms with van der Waals surface area (Å²) >= 11 is 0. The summed E-state index contributed by atoms with van der Waals surface area (Å²) in [5.74, 6) is 0. The van der Waals surface area contributed by atoms with Crippen LogP contribution in [0.2, 0.25) is 0 Å². The van der Waals surface area contributed by atoms with E-state index in [1.54, 1.807) is 0 Å². The van der Waals surface area contributed by atoms with Crippen molar-refractivity contribution in [1.82, 2.24) is 0 Å². The Morgan fingerprint density at radius 1 is 0.583 bits per heavy atom. The van der Waals surface area contributed by atoms with Gasteiger partial charge >= 0.3 is 0 Å². The highest BCUT2D eigenvalue weighted by molar-refractivity contribution is 5.01. The van der Waals surface area contributed by atoms with Crippen LogP contribution in [0.25, 0.3) is 0 Å². The molecule has 0 N–H and O–H groups in total. The zero-order chi connectivity index (χ0) is 17.7. The van der Waals surface area contributed by atoms with Gasteiger partial charge in [0.2, 0.25) is 0 Å². The van der Waals surface area contributed by atoms with Crippen LogP contribution < -0.4 is 0 Å². The highest BCUT2D eigenvalue weighted by atomic mass is 13.9. The van der Waals surface area contributed by atoms with Gasteiger partial charge in [-0.2, -0.15) is 0 Å². The lowest BCUT2D eigenvalue weighted by molar-refractivity contribution is 0.826. The molecule has 0 aliphatic carbocycles. The molecule has 0 unspecified atom stereocenters. The van der Waals surface area contributed by atoms with Crippen LogP contribution in [0.3, 0.4) is 0 Å². The van der Waals surface area contributed by atoms with Gasteiger partial charge in [0.25, 0.3) is 0 Å². The Balaban J connectivity index is 3.51. The zero-order valence-electron chi connectivity index (χ0n) is 16.2. The first-order chi connectivity index (χ1) is 11.8. The average molecular weight is 327 g/mol. The van der Waals surface area contributed by atoms with Crippen LogP contribution in [-0.4, -0.2) is 0 Å². The van der Waals surface area contributed by atoms with Crippen LogP contribution in [0, 0.1) is 0 Å². The first-order valence-electron chi connectivity index (χ1n) is 9.71. The van der Waals surface area contributed by atoms with Gasteiger partial charge in [0, 0.05) is 0 Å². The Morgan fingerprint density at radius 2 is 1.04 bits per heavy atom. The summed E-state index contributed by atoms with van der Waals surface area (Å²) in [5, 5.41) is 0. The second-order valence-corrected chi connectivity index (χ2v) is 6.06. The van der Waals surface area contributed by atoms with E-state index in [1.807, 2.05) is 0 Å². The molecular weight excluding hydrogens is 288 g/mol. The lowest BCUT2D eigenvalue weighted by atomic mass is 10.1. The first kappa shape index (κ1) is 22.4. The van der Waals surface area contributed by atoms with E-state index in [4.69, 9.17) is 0 Å². The molecule has 134 valence electrons. The van der Waals surface area contributed by atoms with E-state index in [1.165, 1.54) is 24.8 Å². The molecule has 0 nitrogen and oxygen atoms in total. The minimum atomic E-state index is 1.04. The van der Waals surface area contributed by atoms with Gasteiger partial charge in [-0.05, 0) is 64.7 Å². The third-order valence-electron chi connectivity index (χ3n) is 3.65. The topological polar surface area (TPSA) is 0 Å². The molecule has 0 atom stereocenters. The second-order valence-electron chi connectivity index (χ2n) is 6.06. The summed E-state index contributed by atoms with van der Waals surface area (Å²) in [6.07, 6.45) is 35.0. The molecule has 0 heteroatoms. The van der Waals surface area contributed by atoms with E-state index in [0.717, 1.165) is 38.5 Å². The van der Waals surface area contributed by atoms with Crippen molar-refractivity contribution in [3.8, 4) is 0 Å². The standard InChI is InChI=1S/C24H38/c1-4-6-7-8-9-10-11-12-13-14-15-16-17-18-19-20-21-23-24(3)22-5-2/h6-7,9-10,12-13,15-16,18-19,22H,4-5,8,11,14,17,20-21,23H2,1-3H3/b7-6-,10-9-,13-12-,16-15-,19-18-,24-22+. The quantitative estimate of drug-likeness (QED) is 0.222. The Bertz CT molecular complexity index is 427. The molecule has 0 radical (unpaired) electrons. The molecule has 0 saturated heterocycles. The Hall–Kier alpha value is -1.56. The molecule has 0 spiro atoms. The van der Waals surface area contributed by atoms with E-state index in [2.05, 4.69) is 87.6 Å². The number of allylic oxidation sites excluding steroid dienone is 12. The van der Waals surface area contributed by atoms with Crippen molar-refractivity contribution in [1.29, 1.82) is 0 Å². The highest BCUT2D eigenvalue weighted by Crippen LogP contribution is 2.08. The van der Waals surface area contributed by atoms with E-state index < -0.39 is 0 Å². The van der Waals surface area contributed by atoms with Crippen molar-refractivity contribution in [3.63, 3.8) is 0 Å². The molecule has 0 aromatic rings. The number of hydrogen-bond acceptors (Lipinski definition) is 0. The normalized spacial score (nSPS) is 13.7. The van der Waals surface area contributed by atoms with Gasteiger partial charge in [-0.3, -0.25) is 0 Å². The largest absolute Gasteiger partial charge is 0.0885 e. The Kier molecular flexibility index (Phi) is 18.2. The number of hydrogen-bond donors (Lipinski definition) is 0. The van der Waals surface area contributed by atoms with Gasteiger partial charge in [0.1, 0.15) is 0 Å². The van der Waals surface area contributed by atoms with Crippen molar-refractivity contribution in [3.05, 3.63) is 72.4 Å². The molecule has 0 aromatic heterocycles. The van der Waals surface area contributed by atoms with Crippen LogP contribution in [0.1, 0.15) is 78.6 Å². The van der Waals surface area contributed by atoms with Crippen LogP contribution in [-0.2, 0) is 0 Å². The smallest absolute Gasteiger partial charge is 0.0169 e. The minimum absolute atomic E-state index is 1.04. The summed E-state index contributed by atoms with van der Waals surface area (Å²) in [7, 11) is 0. The molecule has 0 rings (SSSR count). The summed E-state index contributed by atoms with van der Waals surface area (Å²) in [6, 6.07) is 0. The van der Waals surface area contributed by atoms with Gasteiger partial charge in [0.15, 0.2) is 0 Å². The van der Waals surface area contributed by atoms with Crippen molar-refractivity contribution >= 4 is 0 Å². The van der Waals surface area contributed by atoms with Gasteiger partial charge < -0.3 is 0 Å². The molecule has 0 aromatic carbocycles. The predicted octanol–water partition coefficient (Wildman–Crippen LogP) is 8.26. The molecule has 0 amide bonds.